The molecule has 1 aromatic rings. The number of aliphatic hydroxyl groups is 1. The summed E-state index contributed by atoms with van der Waals surface area (Å²) in [6, 6.07) is 3.68. The molecular formula is C15H22F3NO2. The summed E-state index contributed by atoms with van der Waals surface area (Å²) in [7, 11) is 1.94. The minimum atomic E-state index is -4.33. The molecule has 1 rings (SSSR count). The van der Waals surface area contributed by atoms with E-state index in [0.29, 0.717) is 29.8 Å². The van der Waals surface area contributed by atoms with E-state index < -0.39 is 12.8 Å². The molecule has 0 saturated carbocycles. The van der Waals surface area contributed by atoms with Crippen LogP contribution in [0.5, 0.6) is 5.75 Å². The molecule has 1 aromatic carbocycles. The van der Waals surface area contributed by atoms with E-state index in [1.807, 2.05) is 19.2 Å². The summed E-state index contributed by atoms with van der Waals surface area (Å²) in [5.41, 5.74) is 2.42. The molecule has 120 valence electrons. The Labute approximate surface area is 123 Å². The maximum absolute atomic E-state index is 12.2. The van der Waals surface area contributed by atoms with Gasteiger partial charge in [-0.15, -0.1) is 0 Å². The van der Waals surface area contributed by atoms with Crippen molar-refractivity contribution in [1.29, 1.82) is 0 Å². The van der Waals surface area contributed by atoms with Crippen LogP contribution < -0.4 is 4.74 Å². The first-order valence-electron chi connectivity index (χ1n) is 6.82. The molecule has 0 saturated heterocycles. The van der Waals surface area contributed by atoms with E-state index >= 15 is 0 Å². The third-order valence-electron chi connectivity index (χ3n) is 3.05. The van der Waals surface area contributed by atoms with Crippen molar-refractivity contribution in [1.82, 2.24) is 4.90 Å². The Hall–Kier alpha value is -1.27. The highest BCUT2D eigenvalue weighted by Gasteiger charge is 2.29. The molecule has 21 heavy (non-hydrogen) atoms. The Bertz CT molecular complexity index is 438. The van der Waals surface area contributed by atoms with Crippen molar-refractivity contribution in [2.75, 3.05) is 26.8 Å². The number of halogens is 3. The van der Waals surface area contributed by atoms with Crippen LogP contribution in [0.3, 0.4) is 0 Å². The van der Waals surface area contributed by atoms with Crippen LogP contribution in [0.1, 0.15) is 23.1 Å². The molecule has 0 aliphatic heterocycles. The maximum Gasteiger partial charge on any atom is 0.422 e. The summed E-state index contributed by atoms with van der Waals surface area (Å²) < 4.78 is 41.6. The summed E-state index contributed by atoms with van der Waals surface area (Å²) in [6.07, 6.45) is -3.64. The zero-order valence-electron chi connectivity index (χ0n) is 12.6. The topological polar surface area (TPSA) is 32.7 Å². The summed E-state index contributed by atoms with van der Waals surface area (Å²) in [5, 5.41) is 8.80. The molecule has 0 spiro atoms. The Kier molecular flexibility index (Phi) is 6.48. The van der Waals surface area contributed by atoms with E-state index in [9.17, 15) is 13.2 Å². The number of ether oxygens (including phenoxy) is 1. The number of benzene rings is 1. The van der Waals surface area contributed by atoms with Crippen LogP contribution in [0, 0.1) is 13.8 Å². The number of hydrogen-bond donors (Lipinski definition) is 1. The van der Waals surface area contributed by atoms with Gasteiger partial charge in [-0.1, -0.05) is 12.1 Å². The third kappa shape index (κ3) is 6.35. The third-order valence-corrected chi connectivity index (χ3v) is 3.05. The lowest BCUT2D eigenvalue weighted by Gasteiger charge is -2.19. The van der Waals surface area contributed by atoms with Crippen molar-refractivity contribution in [2.24, 2.45) is 0 Å². The number of aryl methyl sites for hydroxylation is 2. The van der Waals surface area contributed by atoms with Crippen molar-refractivity contribution in [2.45, 2.75) is 33.0 Å². The summed E-state index contributed by atoms with van der Waals surface area (Å²) in [6.45, 7) is 3.81. The smallest absolute Gasteiger partial charge is 0.422 e. The molecule has 0 atom stereocenters. The van der Waals surface area contributed by atoms with Crippen LogP contribution in [0.15, 0.2) is 12.1 Å². The van der Waals surface area contributed by atoms with Crippen LogP contribution in [-0.2, 0) is 6.54 Å². The molecule has 6 heteroatoms. The fraction of sp³-hybridized carbons (Fsp3) is 0.600. The van der Waals surface area contributed by atoms with Crippen LogP contribution in [0.4, 0.5) is 13.2 Å². The monoisotopic (exact) mass is 305 g/mol. The SMILES string of the molecule is Cc1cc(CN(C)CCCO)cc(C)c1OCC(F)(F)F. The molecule has 0 amide bonds. The van der Waals surface area contributed by atoms with Gasteiger partial charge in [0.05, 0.1) is 0 Å². The second kappa shape index (κ2) is 7.66. The average molecular weight is 305 g/mol. The van der Waals surface area contributed by atoms with Crippen molar-refractivity contribution in [3.05, 3.63) is 28.8 Å². The second-order valence-corrected chi connectivity index (χ2v) is 5.28. The molecule has 1 N–H and O–H groups in total. The molecule has 0 heterocycles. The van der Waals surface area contributed by atoms with Gasteiger partial charge in [0, 0.05) is 19.7 Å². The first-order chi connectivity index (χ1) is 9.73. The number of alkyl halides is 3. The largest absolute Gasteiger partial charge is 0.484 e. The first-order valence-corrected chi connectivity index (χ1v) is 6.82. The normalized spacial score (nSPS) is 12.0. The van der Waals surface area contributed by atoms with E-state index in [0.717, 1.165) is 12.1 Å². The van der Waals surface area contributed by atoms with E-state index in [-0.39, 0.29) is 6.61 Å². The van der Waals surface area contributed by atoms with Gasteiger partial charge in [-0.3, -0.25) is 0 Å². The van der Waals surface area contributed by atoms with Crippen LogP contribution >= 0.6 is 0 Å². The fourth-order valence-electron chi connectivity index (χ4n) is 2.24. The van der Waals surface area contributed by atoms with E-state index in [1.54, 1.807) is 13.8 Å². The average Bonchev–Trinajstić information content (AvgIpc) is 2.33. The molecule has 0 bridgehead atoms. The quantitative estimate of drug-likeness (QED) is 0.840. The van der Waals surface area contributed by atoms with Crippen LogP contribution in [-0.4, -0.2) is 43.0 Å². The molecule has 3 nitrogen and oxygen atoms in total. The fourth-order valence-corrected chi connectivity index (χ4v) is 2.24. The number of nitrogens with zero attached hydrogens (tertiary/aromatic N) is 1. The molecule has 0 aliphatic carbocycles. The van der Waals surface area contributed by atoms with E-state index in [1.165, 1.54) is 0 Å². The van der Waals surface area contributed by atoms with Gasteiger partial charge in [-0.05, 0) is 44.0 Å². The van der Waals surface area contributed by atoms with Crippen molar-refractivity contribution >= 4 is 0 Å². The predicted octanol–water partition coefficient (Wildman–Crippen LogP) is 3.06. The number of aliphatic hydroxyl groups excluding tert-OH is 1. The molecule has 0 fully saturated rings. The Morgan fingerprint density at radius 1 is 1.19 bits per heavy atom. The first kappa shape index (κ1) is 17.8. The minimum absolute atomic E-state index is 0.145. The highest BCUT2D eigenvalue weighted by atomic mass is 19.4. The number of hydrogen-bond acceptors (Lipinski definition) is 3. The lowest BCUT2D eigenvalue weighted by molar-refractivity contribution is -0.153. The van der Waals surface area contributed by atoms with Gasteiger partial charge in [0.25, 0.3) is 0 Å². The van der Waals surface area contributed by atoms with Crippen LogP contribution in [0.25, 0.3) is 0 Å². The van der Waals surface area contributed by atoms with Gasteiger partial charge in [-0.2, -0.15) is 13.2 Å². The standard InChI is InChI=1S/C15H22F3NO2/c1-11-7-13(9-19(3)5-4-6-20)8-12(2)14(11)21-10-15(16,17)18/h7-8,20H,4-6,9-10H2,1-3H3. The number of rotatable bonds is 7. The zero-order chi connectivity index (χ0) is 16.0. The van der Waals surface area contributed by atoms with E-state index in [2.05, 4.69) is 4.90 Å². The van der Waals surface area contributed by atoms with E-state index in [4.69, 9.17) is 9.84 Å². The van der Waals surface area contributed by atoms with Crippen LogP contribution in [0.2, 0.25) is 0 Å². The summed E-state index contributed by atoms with van der Waals surface area (Å²) in [4.78, 5) is 2.06. The highest BCUT2D eigenvalue weighted by molar-refractivity contribution is 5.43. The van der Waals surface area contributed by atoms with Crippen molar-refractivity contribution in [3.63, 3.8) is 0 Å². The lowest BCUT2D eigenvalue weighted by Crippen LogP contribution is -2.21. The Balaban J connectivity index is 2.75. The minimum Gasteiger partial charge on any atom is -0.484 e. The second-order valence-electron chi connectivity index (χ2n) is 5.28. The van der Waals surface area contributed by atoms with Gasteiger partial charge in [-0.25, -0.2) is 0 Å². The molecular weight excluding hydrogens is 283 g/mol. The molecule has 0 aliphatic rings. The maximum atomic E-state index is 12.2. The summed E-state index contributed by atoms with van der Waals surface area (Å²) >= 11 is 0. The Morgan fingerprint density at radius 2 is 1.76 bits per heavy atom. The zero-order valence-corrected chi connectivity index (χ0v) is 12.6. The van der Waals surface area contributed by atoms with Gasteiger partial charge < -0.3 is 14.7 Å². The molecule has 0 aromatic heterocycles. The van der Waals surface area contributed by atoms with Gasteiger partial charge in [0.15, 0.2) is 6.61 Å². The predicted molar refractivity (Wildman–Crippen MR) is 75.5 cm³/mol. The van der Waals surface area contributed by atoms with Gasteiger partial charge >= 0.3 is 6.18 Å². The van der Waals surface area contributed by atoms with Gasteiger partial charge in [0.1, 0.15) is 5.75 Å². The molecule has 0 unspecified atom stereocenters. The Morgan fingerprint density at radius 3 is 2.24 bits per heavy atom. The van der Waals surface area contributed by atoms with Crippen molar-refractivity contribution < 1.29 is 23.0 Å². The summed E-state index contributed by atoms with van der Waals surface area (Å²) in [5.74, 6) is 0.300. The highest BCUT2D eigenvalue weighted by Crippen LogP contribution is 2.27. The lowest BCUT2D eigenvalue weighted by atomic mass is 10.1. The molecule has 0 radical (unpaired) electrons. The van der Waals surface area contributed by atoms with Gasteiger partial charge in [0.2, 0.25) is 0 Å². The van der Waals surface area contributed by atoms with Crippen molar-refractivity contribution in [3.8, 4) is 5.75 Å².